The number of hydrogen-bond donors (Lipinski definition) is 3. The number of likely N-dealkylation sites (N-methyl/N-ethyl adjacent to an activating group) is 1. The van der Waals surface area contributed by atoms with Crippen LogP contribution in [-0.2, 0) is 16.1 Å². The molecule has 1 saturated heterocycles. The number of ether oxygens (including phenoxy) is 1. The Bertz CT molecular complexity index is 494. The van der Waals surface area contributed by atoms with Gasteiger partial charge in [-0.2, -0.15) is 5.43 Å². The Hall–Kier alpha value is -2.12. The van der Waals surface area contributed by atoms with Crippen molar-refractivity contribution >= 4 is 12.0 Å². The van der Waals surface area contributed by atoms with E-state index in [1.807, 2.05) is 30.3 Å². The summed E-state index contributed by atoms with van der Waals surface area (Å²) in [5.41, 5.74) is 4.20. The van der Waals surface area contributed by atoms with E-state index in [2.05, 4.69) is 10.9 Å². The normalized spacial score (nSPS) is 21.9. The van der Waals surface area contributed by atoms with Gasteiger partial charge in [-0.3, -0.25) is 10.3 Å². The Morgan fingerprint density at radius 3 is 2.70 bits per heavy atom. The van der Waals surface area contributed by atoms with Gasteiger partial charge in [-0.1, -0.05) is 30.3 Å². The van der Waals surface area contributed by atoms with Crippen LogP contribution in [0.5, 0.6) is 0 Å². The number of benzene rings is 1. The molecule has 1 atom stereocenters. The number of aliphatic carboxylic acids is 1. The maximum atomic E-state index is 11.6. The average molecular weight is 279 g/mol. The third kappa shape index (κ3) is 2.59. The molecule has 0 spiro atoms. The van der Waals surface area contributed by atoms with Gasteiger partial charge in [0.05, 0.1) is 13.2 Å². The Morgan fingerprint density at radius 2 is 2.10 bits per heavy atom. The Labute approximate surface area is 116 Å². The van der Waals surface area contributed by atoms with Gasteiger partial charge in [-0.25, -0.2) is 9.59 Å². The van der Waals surface area contributed by atoms with Crippen molar-refractivity contribution < 1.29 is 19.4 Å². The highest BCUT2D eigenvalue weighted by Crippen LogP contribution is 2.18. The molecule has 0 aliphatic carbocycles. The number of urea groups is 1. The summed E-state index contributed by atoms with van der Waals surface area (Å²) in [5, 5.41) is 9.40. The number of carboxylic acids is 1. The number of nitrogens with zero attached hydrogens (tertiary/aromatic N) is 1. The SMILES string of the molecule is CCN1C(=O)NNC1(COCc1ccccc1)C(=O)O. The van der Waals surface area contributed by atoms with E-state index in [9.17, 15) is 14.7 Å². The lowest BCUT2D eigenvalue weighted by atomic mass is 10.1. The van der Waals surface area contributed by atoms with Crippen LogP contribution in [0.1, 0.15) is 12.5 Å². The second-order valence-electron chi connectivity index (χ2n) is 4.44. The van der Waals surface area contributed by atoms with Crippen LogP contribution < -0.4 is 10.9 Å². The first-order chi connectivity index (χ1) is 9.60. The van der Waals surface area contributed by atoms with Gasteiger partial charge < -0.3 is 9.84 Å². The molecule has 3 N–H and O–H groups in total. The van der Waals surface area contributed by atoms with Crippen molar-refractivity contribution in [1.82, 2.24) is 15.8 Å². The Kier molecular flexibility index (Phi) is 4.21. The van der Waals surface area contributed by atoms with Crippen molar-refractivity contribution in [3.05, 3.63) is 35.9 Å². The molecule has 0 radical (unpaired) electrons. The topological polar surface area (TPSA) is 90.9 Å². The zero-order valence-corrected chi connectivity index (χ0v) is 11.1. The molecule has 1 heterocycles. The lowest BCUT2D eigenvalue weighted by Gasteiger charge is -2.31. The molecule has 1 aliphatic rings. The summed E-state index contributed by atoms with van der Waals surface area (Å²) in [5.74, 6) is -1.16. The molecule has 7 nitrogen and oxygen atoms in total. The van der Waals surface area contributed by atoms with E-state index in [1.54, 1.807) is 6.92 Å². The monoisotopic (exact) mass is 279 g/mol. The summed E-state index contributed by atoms with van der Waals surface area (Å²) in [4.78, 5) is 24.3. The molecule has 1 aromatic carbocycles. The number of hydrazine groups is 1. The van der Waals surface area contributed by atoms with Crippen LogP contribution in [0.15, 0.2) is 30.3 Å². The van der Waals surface area contributed by atoms with Crippen LogP contribution in [0.3, 0.4) is 0 Å². The van der Waals surface area contributed by atoms with E-state index < -0.39 is 17.7 Å². The maximum absolute atomic E-state index is 11.6. The predicted molar refractivity (Wildman–Crippen MR) is 70.5 cm³/mol. The molecule has 108 valence electrons. The molecular weight excluding hydrogens is 262 g/mol. The third-order valence-corrected chi connectivity index (χ3v) is 3.17. The van der Waals surface area contributed by atoms with Crippen molar-refractivity contribution in [3.8, 4) is 0 Å². The number of amides is 2. The standard InChI is InChI=1S/C13H17N3O4/c1-2-16-12(19)14-15-13(16,11(17)18)9-20-8-10-6-4-3-5-7-10/h3-7,15H,2,8-9H2,1H3,(H,14,19)(H,17,18). The largest absolute Gasteiger partial charge is 0.478 e. The van der Waals surface area contributed by atoms with Crippen molar-refractivity contribution in [2.24, 2.45) is 0 Å². The van der Waals surface area contributed by atoms with Gasteiger partial charge in [-0.15, -0.1) is 0 Å². The Balaban J connectivity index is 2.03. The smallest absolute Gasteiger partial charge is 0.349 e. The quantitative estimate of drug-likeness (QED) is 0.707. The van der Waals surface area contributed by atoms with Crippen LogP contribution in [0.25, 0.3) is 0 Å². The van der Waals surface area contributed by atoms with Crippen LogP contribution in [0.2, 0.25) is 0 Å². The maximum Gasteiger partial charge on any atom is 0.349 e. The number of rotatable bonds is 6. The lowest BCUT2D eigenvalue weighted by molar-refractivity contribution is -0.155. The van der Waals surface area contributed by atoms with Gasteiger partial charge in [0, 0.05) is 6.54 Å². The first-order valence-electron chi connectivity index (χ1n) is 6.30. The summed E-state index contributed by atoms with van der Waals surface area (Å²) in [7, 11) is 0. The third-order valence-electron chi connectivity index (χ3n) is 3.17. The fraction of sp³-hybridized carbons (Fsp3) is 0.385. The zero-order chi connectivity index (χ0) is 14.6. The van der Waals surface area contributed by atoms with Gasteiger partial charge in [0.15, 0.2) is 0 Å². The summed E-state index contributed by atoms with van der Waals surface area (Å²) in [6.45, 7) is 2.11. The molecule has 0 aromatic heterocycles. The van der Waals surface area contributed by atoms with Crippen LogP contribution in [0, 0.1) is 0 Å². The average Bonchev–Trinajstić information content (AvgIpc) is 2.77. The summed E-state index contributed by atoms with van der Waals surface area (Å²) in [6.07, 6.45) is 0. The highest BCUT2D eigenvalue weighted by atomic mass is 16.5. The fourth-order valence-corrected chi connectivity index (χ4v) is 2.11. The number of carbonyl (C=O) groups excluding carboxylic acids is 1. The molecular formula is C13H17N3O4. The first kappa shape index (κ1) is 14.3. The van der Waals surface area contributed by atoms with Crippen LogP contribution >= 0.6 is 0 Å². The second kappa shape index (κ2) is 5.89. The highest BCUT2D eigenvalue weighted by Gasteiger charge is 2.51. The minimum atomic E-state index is -1.57. The summed E-state index contributed by atoms with van der Waals surface area (Å²) in [6, 6.07) is 8.94. The van der Waals surface area contributed by atoms with Crippen molar-refractivity contribution in [2.45, 2.75) is 19.2 Å². The van der Waals surface area contributed by atoms with Gasteiger partial charge in [0.25, 0.3) is 0 Å². The van der Waals surface area contributed by atoms with E-state index in [-0.39, 0.29) is 19.8 Å². The van der Waals surface area contributed by atoms with E-state index in [0.717, 1.165) is 5.56 Å². The van der Waals surface area contributed by atoms with E-state index in [0.29, 0.717) is 0 Å². The second-order valence-corrected chi connectivity index (χ2v) is 4.44. The Morgan fingerprint density at radius 1 is 1.40 bits per heavy atom. The molecule has 7 heteroatoms. The molecule has 1 fully saturated rings. The van der Waals surface area contributed by atoms with Gasteiger partial charge in [0.1, 0.15) is 0 Å². The van der Waals surface area contributed by atoms with Gasteiger partial charge in [0.2, 0.25) is 5.66 Å². The molecule has 0 saturated carbocycles. The zero-order valence-electron chi connectivity index (χ0n) is 11.1. The molecule has 2 amide bonds. The van der Waals surface area contributed by atoms with Crippen molar-refractivity contribution in [2.75, 3.05) is 13.2 Å². The summed E-state index contributed by atoms with van der Waals surface area (Å²) < 4.78 is 5.47. The lowest BCUT2D eigenvalue weighted by Crippen LogP contribution is -2.62. The number of nitrogens with one attached hydrogen (secondary N) is 2. The predicted octanol–water partition coefficient (Wildman–Crippen LogP) is 0.534. The number of hydrogen-bond acceptors (Lipinski definition) is 4. The van der Waals surface area contributed by atoms with Crippen LogP contribution in [-0.4, -0.2) is 40.8 Å². The number of carbonyl (C=O) groups is 2. The number of carboxylic acid groups (broad SMARTS) is 1. The molecule has 1 aliphatic heterocycles. The van der Waals surface area contributed by atoms with E-state index in [4.69, 9.17) is 4.74 Å². The van der Waals surface area contributed by atoms with Gasteiger partial charge >= 0.3 is 12.0 Å². The highest BCUT2D eigenvalue weighted by molar-refractivity contribution is 5.89. The summed E-state index contributed by atoms with van der Waals surface area (Å²) >= 11 is 0. The van der Waals surface area contributed by atoms with Crippen molar-refractivity contribution in [3.63, 3.8) is 0 Å². The first-order valence-corrected chi connectivity index (χ1v) is 6.30. The van der Waals surface area contributed by atoms with E-state index >= 15 is 0 Å². The molecule has 1 unspecified atom stereocenters. The fourth-order valence-electron chi connectivity index (χ4n) is 2.11. The van der Waals surface area contributed by atoms with Crippen LogP contribution in [0.4, 0.5) is 4.79 Å². The molecule has 0 bridgehead atoms. The van der Waals surface area contributed by atoms with Crippen molar-refractivity contribution in [1.29, 1.82) is 0 Å². The minimum Gasteiger partial charge on any atom is -0.478 e. The molecule has 1 aromatic rings. The molecule has 20 heavy (non-hydrogen) atoms. The van der Waals surface area contributed by atoms with E-state index in [1.165, 1.54) is 4.90 Å². The minimum absolute atomic E-state index is 0.149. The molecule has 2 rings (SSSR count). The van der Waals surface area contributed by atoms with Gasteiger partial charge in [-0.05, 0) is 12.5 Å².